The molecule has 1 heterocycles. The highest BCUT2D eigenvalue weighted by Gasteiger charge is 2.32. The highest BCUT2D eigenvalue weighted by molar-refractivity contribution is 7.10. The molecule has 5 nitrogen and oxygen atoms in total. The van der Waals surface area contributed by atoms with Gasteiger partial charge in [-0.15, -0.1) is 11.3 Å². The third-order valence-electron chi connectivity index (χ3n) is 4.58. The highest BCUT2D eigenvalue weighted by Crippen LogP contribution is 2.38. The molecule has 0 N–H and O–H groups in total. The first kappa shape index (κ1) is 18.6. The topological polar surface area (TPSA) is 48.0 Å². The van der Waals surface area contributed by atoms with Gasteiger partial charge in [0.15, 0.2) is 11.5 Å². The summed E-state index contributed by atoms with van der Waals surface area (Å²) in [5, 5.41) is 2.01. The lowest BCUT2D eigenvalue weighted by molar-refractivity contribution is -0.131. The molecule has 0 radical (unpaired) electrons. The van der Waals surface area contributed by atoms with Crippen LogP contribution in [0.3, 0.4) is 0 Å². The number of methoxy groups -OCH3 is 3. The molecule has 1 aliphatic rings. The SMILES string of the molecule is COc1cc(CCN(C(=O)Cc2cccs2)C2CC2)cc(OC)c1OC. The third kappa shape index (κ3) is 4.30. The van der Waals surface area contributed by atoms with Gasteiger partial charge >= 0.3 is 0 Å². The Kier molecular flexibility index (Phi) is 6.04. The molecule has 0 aliphatic heterocycles. The minimum atomic E-state index is 0.211. The summed E-state index contributed by atoms with van der Waals surface area (Å²) in [4.78, 5) is 15.9. The van der Waals surface area contributed by atoms with Crippen molar-refractivity contribution in [2.75, 3.05) is 27.9 Å². The van der Waals surface area contributed by atoms with Crippen LogP contribution < -0.4 is 14.2 Å². The quantitative estimate of drug-likeness (QED) is 0.672. The number of ether oxygens (including phenoxy) is 3. The van der Waals surface area contributed by atoms with Gasteiger partial charge in [-0.05, 0) is 48.4 Å². The predicted octanol–water partition coefficient (Wildman–Crippen LogP) is 3.55. The highest BCUT2D eigenvalue weighted by atomic mass is 32.1. The number of carbonyl (C=O) groups is 1. The van der Waals surface area contributed by atoms with Crippen molar-refractivity contribution < 1.29 is 19.0 Å². The van der Waals surface area contributed by atoms with Crippen LogP contribution in [-0.2, 0) is 17.6 Å². The molecule has 140 valence electrons. The van der Waals surface area contributed by atoms with E-state index in [4.69, 9.17) is 14.2 Å². The zero-order chi connectivity index (χ0) is 18.5. The minimum absolute atomic E-state index is 0.211. The van der Waals surface area contributed by atoms with E-state index >= 15 is 0 Å². The lowest BCUT2D eigenvalue weighted by Gasteiger charge is -2.23. The van der Waals surface area contributed by atoms with E-state index in [0.717, 1.165) is 29.7 Å². The normalized spacial score (nSPS) is 13.3. The van der Waals surface area contributed by atoms with Crippen LogP contribution in [-0.4, -0.2) is 44.7 Å². The van der Waals surface area contributed by atoms with Gasteiger partial charge in [0.1, 0.15) is 0 Å². The van der Waals surface area contributed by atoms with Crippen molar-refractivity contribution in [1.82, 2.24) is 4.90 Å². The maximum absolute atomic E-state index is 12.7. The van der Waals surface area contributed by atoms with Gasteiger partial charge in [0, 0.05) is 17.5 Å². The van der Waals surface area contributed by atoms with Gasteiger partial charge in [-0.25, -0.2) is 0 Å². The van der Waals surface area contributed by atoms with Crippen molar-refractivity contribution in [3.05, 3.63) is 40.1 Å². The number of carbonyl (C=O) groups excluding carboxylic acids is 1. The first-order valence-electron chi connectivity index (χ1n) is 8.77. The summed E-state index contributed by atoms with van der Waals surface area (Å²) >= 11 is 1.63. The number of hydrogen-bond donors (Lipinski definition) is 0. The average molecular weight is 375 g/mol. The third-order valence-corrected chi connectivity index (χ3v) is 5.46. The van der Waals surface area contributed by atoms with E-state index in [-0.39, 0.29) is 5.91 Å². The monoisotopic (exact) mass is 375 g/mol. The van der Waals surface area contributed by atoms with Crippen LogP contribution in [0, 0.1) is 0 Å². The molecule has 2 aromatic rings. The maximum atomic E-state index is 12.7. The number of thiophene rings is 1. The Hall–Kier alpha value is -2.21. The van der Waals surface area contributed by atoms with Crippen LogP contribution >= 0.6 is 11.3 Å². The molecule has 1 fully saturated rings. The van der Waals surface area contributed by atoms with Crippen molar-refractivity contribution >= 4 is 17.2 Å². The molecule has 1 aromatic heterocycles. The molecular formula is C20H25NO4S. The van der Waals surface area contributed by atoms with Crippen molar-refractivity contribution in [1.29, 1.82) is 0 Å². The predicted molar refractivity (Wildman–Crippen MR) is 103 cm³/mol. The maximum Gasteiger partial charge on any atom is 0.228 e. The molecule has 3 rings (SSSR count). The molecule has 0 bridgehead atoms. The van der Waals surface area contributed by atoms with Crippen LogP contribution in [0.4, 0.5) is 0 Å². The van der Waals surface area contributed by atoms with E-state index < -0.39 is 0 Å². The summed E-state index contributed by atoms with van der Waals surface area (Å²) in [6, 6.07) is 8.31. The molecule has 6 heteroatoms. The Balaban J connectivity index is 1.70. The van der Waals surface area contributed by atoms with Crippen LogP contribution in [0.15, 0.2) is 29.6 Å². The summed E-state index contributed by atoms with van der Waals surface area (Å²) < 4.78 is 16.2. The van der Waals surface area contributed by atoms with E-state index in [1.807, 2.05) is 34.5 Å². The lowest BCUT2D eigenvalue weighted by atomic mass is 10.1. The largest absolute Gasteiger partial charge is 0.493 e. The zero-order valence-corrected chi connectivity index (χ0v) is 16.3. The molecule has 0 unspecified atom stereocenters. The fourth-order valence-electron chi connectivity index (χ4n) is 3.09. The second kappa shape index (κ2) is 8.45. The number of hydrogen-bond acceptors (Lipinski definition) is 5. The molecule has 1 aromatic carbocycles. The Labute approximate surface area is 158 Å². The average Bonchev–Trinajstić information content (AvgIpc) is 3.36. The number of rotatable bonds is 9. The van der Waals surface area contributed by atoms with Gasteiger partial charge in [-0.3, -0.25) is 4.79 Å². The summed E-state index contributed by atoms with van der Waals surface area (Å²) in [5.41, 5.74) is 1.06. The van der Waals surface area contributed by atoms with Gasteiger partial charge in [-0.2, -0.15) is 0 Å². The van der Waals surface area contributed by atoms with Gasteiger partial charge in [0.2, 0.25) is 11.7 Å². The smallest absolute Gasteiger partial charge is 0.228 e. The van der Waals surface area contributed by atoms with Gasteiger partial charge < -0.3 is 19.1 Å². The van der Waals surface area contributed by atoms with Crippen molar-refractivity contribution in [3.8, 4) is 17.2 Å². The molecule has 0 spiro atoms. The molecule has 26 heavy (non-hydrogen) atoms. The fraction of sp³-hybridized carbons (Fsp3) is 0.450. The van der Waals surface area contributed by atoms with Gasteiger partial charge in [0.05, 0.1) is 27.8 Å². The summed E-state index contributed by atoms with van der Waals surface area (Å²) in [6.07, 6.45) is 3.45. The lowest BCUT2D eigenvalue weighted by Crippen LogP contribution is -2.35. The van der Waals surface area contributed by atoms with Crippen LogP contribution in [0.25, 0.3) is 0 Å². The van der Waals surface area contributed by atoms with Crippen molar-refractivity contribution in [3.63, 3.8) is 0 Å². The van der Waals surface area contributed by atoms with E-state index in [0.29, 0.717) is 36.3 Å². The van der Waals surface area contributed by atoms with E-state index in [2.05, 4.69) is 0 Å². The minimum Gasteiger partial charge on any atom is -0.493 e. The Bertz CT molecular complexity index is 715. The van der Waals surface area contributed by atoms with Gasteiger partial charge in [-0.1, -0.05) is 6.07 Å². The van der Waals surface area contributed by atoms with Crippen molar-refractivity contribution in [2.24, 2.45) is 0 Å². The summed E-state index contributed by atoms with van der Waals surface area (Å²) in [7, 11) is 4.82. The molecule has 1 amide bonds. The Morgan fingerprint density at radius 2 is 1.85 bits per heavy atom. The number of amides is 1. The Morgan fingerprint density at radius 3 is 2.35 bits per heavy atom. The standard InChI is InChI=1S/C20H25NO4S/c1-23-17-11-14(12-18(24-2)20(17)25-3)8-9-21(15-6-7-15)19(22)13-16-5-4-10-26-16/h4-5,10-12,15H,6-9,13H2,1-3H3. The van der Waals surface area contributed by atoms with Crippen LogP contribution in [0.5, 0.6) is 17.2 Å². The van der Waals surface area contributed by atoms with E-state index in [1.54, 1.807) is 32.7 Å². The molecule has 0 atom stereocenters. The number of benzene rings is 1. The van der Waals surface area contributed by atoms with Gasteiger partial charge in [0.25, 0.3) is 0 Å². The fourth-order valence-corrected chi connectivity index (χ4v) is 3.79. The van der Waals surface area contributed by atoms with Crippen molar-refractivity contribution in [2.45, 2.75) is 31.7 Å². The molecule has 1 aliphatic carbocycles. The van der Waals surface area contributed by atoms with E-state index in [1.165, 1.54) is 0 Å². The molecule has 1 saturated carbocycles. The first-order valence-corrected chi connectivity index (χ1v) is 9.65. The summed E-state index contributed by atoms with van der Waals surface area (Å²) in [5.74, 6) is 2.09. The zero-order valence-electron chi connectivity index (χ0n) is 15.5. The molecule has 0 saturated heterocycles. The van der Waals surface area contributed by atoms with E-state index in [9.17, 15) is 4.79 Å². The molecular weight excluding hydrogens is 350 g/mol. The second-order valence-corrected chi connectivity index (χ2v) is 7.39. The number of nitrogens with zero attached hydrogens (tertiary/aromatic N) is 1. The Morgan fingerprint density at radius 1 is 1.15 bits per heavy atom. The first-order chi connectivity index (χ1) is 12.7. The van der Waals surface area contributed by atoms with Crippen LogP contribution in [0.1, 0.15) is 23.3 Å². The van der Waals surface area contributed by atoms with Crippen LogP contribution in [0.2, 0.25) is 0 Å². The second-order valence-electron chi connectivity index (χ2n) is 6.36. The summed E-state index contributed by atoms with van der Waals surface area (Å²) in [6.45, 7) is 0.702.